The van der Waals surface area contributed by atoms with Gasteiger partial charge in [0.2, 0.25) is 5.91 Å². The summed E-state index contributed by atoms with van der Waals surface area (Å²) in [5.41, 5.74) is 1.46. The van der Waals surface area contributed by atoms with E-state index in [2.05, 4.69) is 4.98 Å². The zero-order valence-electron chi connectivity index (χ0n) is 15.8. The fraction of sp³-hybridized carbons (Fsp3) is 0.286. The van der Waals surface area contributed by atoms with E-state index >= 15 is 0 Å². The van der Waals surface area contributed by atoms with Crippen LogP contribution >= 0.6 is 11.8 Å². The lowest BCUT2D eigenvalue weighted by atomic mass is 10.2. The Bertz CT molecular complexity index is 999. The van der Waals surface area contributed by atoms with Crippen LogP contribution in [0.4, 0.5) is 5.69 Å². The van der Waals surface area contributed by atoms with Crippen LogP contribution in [0, 0.1) is 0 Å². The second-order valence-electron chi connectivity index (χ2n) is 6.44. The molecule has 5 nitrogen and oxygen atoms in total. The summed E-state index contributed by atoms with van der Waals surface area (Å²) in [6, 6.07) is 16.9. The summed E-state index contributed by atoms with van der Waals surface area (Å²) in [5.74, 6) is 0.215. The van der Waals surface area contributed by atoms with Crippen molar-refractivity contribution in [3.63, 3.8) is 0 Å². The highest BCUT2D eigenvalue weighted by atomic mass is 32.2. The minimum absolute atomic E-state index is 0.00795. The number of benzene rings is 2. The lowest BCUT2D eigenvalue weighted by molar-refractivity contribution is -0.116. The summed E-state index contributed by atoms with van der Waals surface area (Å²) in [4.78, 5) is 32.0. The van der Waals surface area contributed by atoms with Crippen LogP contribution in [0.2, 0.25) is 0 Å². The minimum atomic E-state index is -0.0686. The molecule has 140 valence electrons. The maximum absolute atomic E-state index is 12.9. The van der Waals surface area contributed by atoms with Gasteiger partial charge in [0.25, 0.3) is 5.56 Å². The van der Waals surface area contributed by atoms with Gasteiger partial charge in [0, 0.05) is 18.3 Å². The van der Waals surface area contributed by atoms with Crippen molar-refractivity contribution in [2.45, 2.75) is 32.0 Å². The standard InChI is InChI=1S/C21H23N3O2S/c1-4-23(16-10-6-5-7-11-16)19(25)14-27-21-22-18-13-9-8-12-17(18)20(26)24(21)15(2)3/h5-13,15H,4,14H2,1-3H3. The second kappa shape index (κ2) is 8.39. The fourth-order valence-electron chi connectivity index (χ4n) is 3.00. The number of nitrogens with zero attached hydrogens (tertiary/aromatic N) is 3. The van der Waals surface area contributed by atoms with Crippen LogP contribution in [0.5, 0.6) is 0 Å². The van der Waals surface area contributed by atoms with Gasteiger partial charge in [-0.05, 0) is 45.0 Å². The van der Waals surface area contributed by atoms with Gasteiger partial charge >= 0.3 is 0 Å². The first-order valence-electron chi connectivity index (χ1n) is 9.02. The molecule has 0 N–H and O–H groups in total. The topological polar surface area (TPSA) is 55.2 Å². The number of hydrogen-bond acceptors (Lipinski definition) is 4. The van der Waals surface area contributed by atoms with E-state index in [0.717, 1.165) is 5.69 Å². The van der Waals surface area contributed by atoms with E-state index in [-0.39, 0.29) is 23.3 Å². The zero-order valence-corrected chi connectivity index (χ0v) is 16.6. The van der Waals surface area contributed by atoms with Crippen molar-refractivity contribution in [2.75, 3.05) is 17.2 Å². The summed E-state index contributed by atoms with van der Waals surface area (Å²) >= 11 is 1.31. The number of para-hydroxylation sites is 2. The molecule has 0 aliphatic rings. The third kappa shape index (κ3) is 4.06. The van der Waals surface area contributed by atoms with E-state index in [1.807, 2.05) is 69.3 Å². The molecule has 3 rings (SSSR count). The molecular weight excluding hydrogens is 358 g/mol. The Balaban J connectivity index is 1.89. The summed E-state index contributed by atoms with van der Waals surface area (Å²) in [5, 5.41) is 1.17. The maximum Gasteiger partial charge on any atom is 0.262 e. The molecule has 3 aromatic rings. The normalized spacial score (nSPS) is 11.1. The van der Waals surface area contributed by atoms with E-state index in [1.54, 1.807) is 15.5 Å². The Hall–Kier alpha value is -2.60. The maximum atomic E-state index is 12.9. The molecule has 2 aromatic carbocycles. The van der Waals surface area contributed by atoms with Crippen LogP contribution < -0.4 is 10.5 Å². The zero-order chi connectivity index (χ0) is 19.4. The quantitative estimate of drug-likeness (QED) is 0.476. The lowest BCUT2D eigenvalue weighted by Crippen LogP contribution is -2.32. The average molecular weight is 382 g/mol. The molecule has 0 fully saturated rings. The second-order valence-corrected chi connectivity index (χ2v) is 7.39. The molecule has 0 unspecified atom stereocenters. The monoisotopic (exact) mass is 381 g/mol. The van der Waals surface area contributed by atoms with E-state index in [0.29, 0.717) is 22.6 Å². The van der Waals surface area contributed by atoms with Crippen molar-refractivity contribution >= 4 is 34.3 Å². The number of anilines is 1. The molecule has 0 aliphatic heterocycles. The molecular formula is C21H23N3O2S. The Kier molecular flexibility index (Phi) is 5.96. The Labute approximate surface area is 163 Å². The molecule has 0 bridgehead atoms. The first-order chi connectivity index (χ1) is 13.0. The van der Waals surface area contributed by atoms with Crippen molar-refractivity contribution in [2.24, 2.45) is 0 Å². The average Bonchev–Trinajstić information content (AvgIpc) is 2.67. The number of thioether (sulfide) groups is 1. The Morgan fingerprint density at radius 2 is 1.78 bits per heavy atom. The molecule has 1 amide bonds. The van der Waals surface area contributed by atoms with Crippen molar-refractivity contribution in [1.82, 2.24) is 9.55 Å². The Morgan fingerprint density at radius 3 is 2.44 bits per heavy atom. The Morgan fingerprint density at radius 1 is 1.11 bits per heavy atom. The molecule has 1 heterocycles. The van der Waals surface area contributed by atoms with E-state index in [1.165, 1.54) is 11.8 Å². The number of fused-ring (bicyclic) bond motifs is 1. The van der Waals surface area contributed by atoms with E-state index in [4.69, 9.17) is 0 Å². The van der Waals surface area contributed by atoms with Crippen LogP contribution in [0.25, 0.3) is 10.9 Å². The summed E-state index contributed by atoms with van der Waals surface area (Å²) in [6.07, 6.45) is 0. The van der Waals surface area contributed by atoms with Gasteiger partial charge in [0.1, 0.15) is 0 Å². The highest BCUT2D eigenvalue weighted by Crippen LogP contribution is 2.22. The summed E-state index contributed by atoms with van der Waals surface area (Å²) < 4.78 is 1.67. The number of hydrogen-bond donors (Lipinski definition) is 0. The van der Waals surface area contributed by atoms with Crippen LogP contribution in [0.1, 0.15) is 26.8 Å². The van der Waals surface area contributed by atoms with Crippen LogP contribution in [0.15, 0.2) is 64.5 Å². The molecule has 1 aromatic heterocycles. The summed E-state index contributed by atoms with van der Waals surface area (Å²) in [6.45, 7) is 6.44. The first kappa shape index (κ1) is 19.2. The van der Waals surface area contributed by atoms with Gasteiger partial charge in [-0.25, -0.2) is 4.98 Å². The third-order valence-electron chi connectivity index (χ3n) is 4.30. The van der Waals surface area contributed by atoms with Gasteiger partial charge in [-0.3, -0.25) is 14.2 Å². The molecule has 0 saturated carbocycles. The third-order valence-corrected chi connectivity index (χ3v) is 5.24. The molecule has 6 heteroatoms. The predicted octanol–water partition coefficient (Wildman–Crippen LogP) is 4.12. The van der Waals surface area contributed by atoms with Crippen LogP contribution in [0.3, 0.4) is 0 Å². The first-order valence-corrected chi connectivity index (χ1v) is 10.0. The van der Waals surface area contributed by atoms with Crippen molar-refractivity contribution in [3.05, 3.63) is 65.0 Å². The van der Waals surface area contributed by atoms with Crippen molar-refractivity contribution in [3.8, 4) is 0 Å². The van der Waals surface area contributed by atoms with Crippen molar-refractivity contribution < 1.29 is 4.79 Å². The number of carbonyl (C=O) groups is 1. The fourth-order valence-corrected chi connectivity index (χ4v) is 4.00. The molecule has 0 atom stereocenters. The number of aromatic nitrogens is 2. The number of amides is 1. The van der Waals surface area contributed by atoms with Gasteiger partial charge < -0.3 is 4.90 Å². The van der Waals surface area contributed by atoms with Gasteiger partial charge in [0.05, 0.1) is 16.7 Å². The minimum Gasteiger partial charge on any atom is -0.312 e. The highest BCUT2D eigenvalue weighted by Gasteiger charge is 2.18. The molecule has 27 heavy (non-hydrogen) atoms. The smallest absolute Gasteiger partial charge is 0.262 e. The molecule has 0 spiro atoms. The van der Waals surface area contributed by atoms with E-state index < -0.39 is 0 Å². The van der Waals surface area contributed by atoms with Crippen molar-refractivity contribution in [1.29, 1.82) is 0 Å². The summed E-state index contributed by atoms with van der Waals surface area (Å²) in [7, 11) is 0. The van der Waals surface area contributed by atoms with Crippen LogP contribution in [-0.4, -0.2) is 27.8 Å². The predicted molar refractivity (Wildman–Crippen MR) is 112 cm³/mol. The van der Waals surface area contributed by atoms with Gasteiger partial charge in [-0.1, -0.05) is 42.1 Å². The molecule has 0 radical (unpaired) electrons. The van der Waals surface area contributed by atoms with Gasteiger partial charge in [0.15, 0.2) is 5.16 Å². The van der Waals surface area contributed by atoms with Gasteiger partial charge in [-0.15, -0.1) is 0 Å². The van der Waals surface area contributed by atoms with Gasteiger partial charge in [-0.2, -0.15) is 0 Å². The molecule has 0 aliphatic carbocycles. The number of carbonyl (C=O) groups excluding carboxylic acids is 1. The highest BCUT2D eigenvalue weighted by molar-refractivity contribution is 7.99. The molecule has 0 saturated heterocycles. The van der Waals surface area contributed by atoms with E-state index in [9.17, 15) is 9.59 Å². The van der Waals surface area contributed by atoms with Crippen LogP contribution in [-0.2, 0) is 4.79 Å². The SMILES string of the molecule is CCN(C(=O)CSc1nc2ccccc2c(=O)n1C(C)C)c1ccccc1. The largest absolute Gasteiger partial charge is 0.312 e. The number of rotatable bonds is 6. The lowest BCUT2D eigenvalue weighted by Gasteiger charge is -2.21.